The predicted octanol–water partition coefficient (Wildman–Crippen LogP) is 5.67. The maximum atomic E-state index is 6.16. The third kappa shape index (κ3) is 2.93. The molecule has 0 amide bonds. The van der Waals surface area contributed by atoms with Gasteiger partial charge in [0.05, 0.1) is 5.39 Å². The quantitative estimate of drug-likeness (QED) is 0.481. The van der Waals surface area contributed by atoms with Crippen molar-refractivity contribution in [1.82, 2.24) is 9.97 Å². The Balaban J connectivity index is 1.86. The number of aromatic nitrogens is 2. The van der Waals surface area contributed by atoms with Gasteiger partial charge in [-0.15, -0.1) is 11.3 Å². The molecule has 0 saturated heterocycles. The van der Waals surface area contributed by atoms with Gasteiger partial charge in [0.1, 0.15) is 10.6 Å². The average molecular weight is 344 g/mol. The van der Waals surface area contributed by atoms with Gasteiger partial charge in [0.25, 0.3) is 0 Å². The second-order valence-corrected chi connectivity index (χ2v) is 7.50. The van der Waals surface area contributed by atoms with E-state index in [9.17, 15) is 0 Å². The second kappa shape index (κ2) is 6.10. The van der Waals surface area contributed by atoms with Crippen LogP contribution in [-0.2, 0) is 12.8 Å². The van der Waals surface area contributed by atoms with Crippen LogP contribution in [0.2, 0.25) is 5.28 Å². The van der Waals surface area contributed by atoms with Crippen molar-refractivity contribution in [2.75, 3.05) is 5.32 Å². The number of halogens is 1. The van der Waals surface area contributed by atoms with Crippen LogP contribution in [0.15, 0.2) is 24.3 Å². The Labute approximate surface area is 144 Å². The Morgan fingerprint density at radius 1 is 1.13 bits per heavy atom. The van der Waals surface area contributed by atoms with Crippen molar-refractivity contribution in [1.29, 1.82) is 0 Å². The minimum atomic E-state index is 0.309. The molecule has 1 aliphatic rings. The van der Waals surface area contributed by atoms with Crippen molar-refractivity contribution >= 4 is 44.7 Å². The molecule has 0 atom stereocenters. The number of hydrogen-bond donors (Lipinski definition) is 1. The van der Waals surface area contributed by atoms with Gasteiger partial charge in [0.2, 0.25) is 5.28 Å². The van der Waals surface area contributed by atoms with E-state index < -0.39 is 0 Å². The van der Waals surface area contributed by atoms with Crippen LogP contribution in [0.25, 0.3) is 10.2 Å². The minimum Gasteiger partial charge on any atom is -0.340 e. The molecule has 1 N–H and O–H groups in total. The molecule has 5 heteroatoms. The first-order valence-electron chi connectivity index (χ1n) is 8.02. The fourth-order valence-electron chi connectivity index (χ4n) is 3.26. The van der Waals surface area contributed by atoms with Gasteiger partial charge in [-0.25, -0.2) is 4.98 Å². The fraction of sp³-hybridized carbons (Fsp3) is 0.333. The van der Waals surface area contributed by atoms with Crippen molar-refractivity contribution in [3.05, 3.63) is 45.6 Å². The Kier molecular flexibility index (Phi) is 3.95. The molecule has 0 unspecified atom stereocenters. The highest BCUT2D eigenvalue weighted by atomic mass is 35.5. The van der Waals surface area contributed by atoms with Crippen molar-refractivity contribution in [3.8, 4) is 0 Å². The zero-order valence-electron chi connectivity index (χ0n) is 13.0. The van der Waals surface area contributed by atoms with E-state index in [1.807, 2.05) is 6.07 Å². The second-order valence-electron chi connectivity index (χ2n) is 6.08. The first kappa shape index (κ1) is 14.9. The first-order chi connectivity index (χ1) is 11.2. The van der Waals surface area contributed by atoms with Crippen LogP contribution in [0, 0.1) is 6.92 Å². The van der Waals surface area contributed by atoms with E-state index in [1.165, 1.54) is 35.3 Å². The lowest BCUT2D eigenvalue weighted by Gasteiger charge is -2.09. The molecule has 2 aromatic heterocycles. The van der Waals surface area contributed by atoms with Gasteiger partial charge >= 0.3 is 0 Å². The molecular formula is C18H18ClN3S. The third-order valence-electron chi connectivity index (χ3n) is 4.32. The molecule has 3 aromatic rings. The number of fused-ring (bicyclic) bond motifs is 3. The largest absolute Gasteiger partial charge is 0.340 e. The number of nitrogens with one attached hydrogen (secondary N) is 1. The SMILES string of the molecule is Cc1cccc(Nc2nc(Cl)nc3sc4c(c23)CCCCC4)c1. The predicted molar refractivity (Wildman–Crippen MR) is 98.1 cm³/mol. The number of rotatable bonds is 2. The van der Waals surface area contributed by atoms with E-state index in [1.54, 1.807) is 11.3 Å². The van der Waals surface area contributed by atoms with Crippen LogP contribution in [0.4, 0.5) is 11.5 Å². The van der Waals surface area contributed by atoms with Crippen LogP contribution in [0.3, 0.4) is 0 Å². The molecule has 23 heavy (non-hydrogen) atoms. The van der Waals surface area contributed by atoms with E-state index in [4.69, 9.17) is 11.6 Å². The minimum absolute atomic E-state index is 0.309. The monoisotopic (exact) mass is 343 g/mol. The molecule has 2 heterocycles. The summed E-state index contributed by atoms with van der Waals surface area (Å²) in [5, 5.41) is 4.93. The van der Waals surface area contributed by atoms with Gasteiger partial charge in [-0.2, -0.15) is 4.98 Å². The van der Waals surface area contributed by atoms with Crippen LogP contribution in [-0.4, -0.2) is 9.97 Å². The van der Waals surface area contributed by atoms with Crippen LogP contribution in [0.5, 0.6) is 0 Å². The third-order valence-corrected chi connectivity index (χ3v) is 5.67. The highest BCUT2D eigenvalue weighted by Crippen LogP contribution is 2.39. The lowest BCUT2D eigenvalue weighted by molar-refractivity contribution is 0.713. The molecule has 0 radical (unpaired) electrons. The van der Waals surface area contributed by atoms with E-state index >= 15 is 0 Å². The summed E-state index contributed by atoms with van der Waals surface area (Å²) in [5.41, 5.74) is 3.68. The van der Waals surface area contributed by atoms with Crippen LogP contribution in [0.1, 0.15) is 35.3 Å². The maximum absolute atomic E-state index is 6.16. The number of nitrogens with zero attached hydrogens (tertiary/aromatic N) is 2. The first-order valence-corrected chi connectivity index (χ1v) is 9.21. The Morgan fingerprint density at radius 3 is 2.87 bits per heavy atom. The zero-order valence-corrected chi connectivity index (χ0v) is 14.6. The molecule has 1 aliphatic carbocycles. The number of thiophene rings is 1. The molecule has 0 aliphatic heterocycles. The topological polar surface area (TPSA) is 37.8 Å². The molecule has 118 valence electrons. The van der Waals surface area contributed by atoms with E-state index in [-0.39, 0.29) is 0 Å². The fourth-order valence-corrected chi connectivity index (χ4v) is 4.74. The smallest absolute Gasteiger partial charge is 0.225 e. The van der Waals surface area contributed by atoms with Crippen molar-refractivity contribution in [3.63, 3.8) is 0 Å². The van der Waals surface area contributed by atoms with Crippen LogP contribution < -0.4 is 5.32 Å². The van der Waals surface area contributed by atoms with Gasteiger partial charge in [-0.3, -0.25) is 0 Å². The maximum Gasteiger partial charge on any atom is 0.225 e. The van der Waals surface area contributed by atoms with E-state index in [0.717, 1.165) is 34.6 Å². The highest BCUT2D eigenvalue weighted by Gasteiger charge is 2.20. The van der Waals surface area contributed by atoms with Gasteiger partial charge in [0, 0.05) is 10.6 Å². The summed E-state index contributed by atoms with van der Waals surface area (Å²) in [7, 11) is 0. The van der Waals surface area contributed by atoms with Gasteiger partial charge < -0.3 is 5.32 Å². The Morgan fingerprint density at radius 2 is 2.00 bits per heavy atom. The molecule has 1 aromatic carbocycles. The van der Waals surface area contributed by atoms with E-state index in [0.29, 0.717) is 5.28 Å². The lowest BCUT2D eigenvalue weighted by Crippen LogP contribution is -1.98. The molecule has 0 bridgehead atoms. The van der Waals surface area contributed by atoms with Gasteiger partial charge in [-0.05, 0) is 67.5 Å². The van der Waals surface area contributed by atoms with Gasteiger partial charge in [0.15, 0.2) is 0 Å². The summed E-state index contributed by atoms with van der Waals surface area (Å²) in [5.74, 6) is 0.838. The molecule has 4 rings (SSSR count). The van der Waals surface area contributed by atoms with Crippen molar-refractivity contribution in [2.45, 2.75) is 39.0 Å². The summed E-state index contributed by atoms with van der Waals surface area (Å²) in [6.45, 7) is 2.09. The standard InChI is InChI=1S/C18H18ClN3S/c1-11-6-5-7-12(10-11)20-16-15-13-8-3-2-4-9-14(13)23-17(15)22-18(19)21-16/h5-7,10H,2-4,8-9H2,1H3,(H,20,21,22). The summed E-state index contributed by atoms with van der Waals surface area (Å²) in [6, 6.07) is 8.31. The number of hydrogen-bond acceptors (Lipinski definition) is 4. The van der Waals surface area contributed by atoms with E-state index in [2.05, 4.69) is 40.4 Å². The molecule has 0 spiro atoms. The van der Waals surface area contributed by atoms with Gasteiger partial charge in [-0.1, -0.05) is 18.6 Å². The summed E-state index contributed by atoms with van der Waals surface area (Å²) >= 11 is 7.94. The number of benzene rings is 1. The number of anilines is 2. The lowest BCUT2D eigenvalue weighted by atomic mass is 10.1. The van der Waals surface area contributed by atoms with Crippen molar-refractivity contribution < 1.29 is 0 Å². The summed E-state index contributed by atoms with van der Waals surface area (Å²) in [4.78, 5) is 11.4. The highest BCUT2D eigenvalue weighted by molar-refractivity contribution is 7.19. The zero-order chi connectivity index (χ0) is 15.8. The molecule has 3 nitrogen and oxygen atoms in total. The Bertz CT molecular complexity index is 872. The Hall–Kier alpha value is -1.65. The number of aryl methyl sites for hydroxylation is 3. The average Bonchev–Trinajstić information content (AvgIpc) is 2.69. The normalized spacial score (nSPS) is 14.5. The molecule has 0 saturated carbocycles. The summed E-state index contributed by atoms with van der Waals surface area (Å²) < 4.78 is 0. The molecular weight excluding hydrogens is 326 g/mol. The molecule has 0 fully saturated rings. The van der Waals surface area contributed by atoms with Crippen LogP contribution >= 0.6 is 22.9 Å². The van der Waals surface area contributed by atoms with Crippen molar-refractivity contribution in [2.24, 2.45) is 0 Å². The summed E-state index contributed by atoms with van der Waals surface area (Å²) in [6.07, 6.45) is 6.08.